The molecule has 1 amide bonds. The summed E-state index contributed by atoms with van der Waals surface area (Å²) >= 11 is 0. The Bertz CT molecular complexity index is 156. The van der Waals surface area contributed by atoms with Gasteiger partial charge in [0.05, 0.1) is 6.61 Å². The van der Waals surface area contributed by atoms with Gasteiger partial charge in [0.2, 0.25) is 0 Å². The molecule has 92 valence electrons. The van der Waals surface area contributed by atoms with E-state index in [1.54, 1.807) is 7.05 Å². The van der Waals surface area contributed by atoms with Crippen LogP contribution in [0, 0.1) is 5.41 Å². The summed E-state index contributed by atoms with van der Waals surface area (Å²) in [6.07, 6.45) is 2.86. The molecule has 15 heavy (non-hydrogen) atoms. The van der Waals surface area contributed by atoms with Gasteiger partial charge < -0.3 is 10.1 Å². The van der Waals surface area contributed by atoms with E-state index in [0.717, 1.165) is 19.3 Å². The first kappa shape index (κ1) is 16.7. The fraction of sp³-hybridized carbons (Fsp3) is 0.917. The Morgan fingerprint density at radius 2 is 1.87 bits per heavy atom. The molecule has 0 aliphatic carbocycles. The van der Waals surface area contributed by atoms with Gasteiger partial charge in [-0.3, -0.25) is 0 Å². The maximum atomic E-state index is 10.7. The summed E-state index contributed by atoms with van der Waals surface area (Å²) in [4.78, 5) is 10.7. The molecule has 3 heteroatoms. The van der Waals surface area contributed by atoms with Gasteiger partial charge in [0.1, 0.15) is 0 Å². The first-order valence-corrected chi connectivity index (χ1v) is 5.86. The molecular weight excluding hydrogens is 190 g/mol. The van der Waals surface area contributed by atoms with E-state index in [9.17, 15) is 4.79 Å². The minimum absolute atomic E-state index is 0.339. The van der Waals surface area contributed by atoms with E-state index in [4.69, 9.17) is 4.74 Å². The smallest absolute Gasteiger partial charge is 0.406 e. The molecule has 0 rings (SSSR count). The third-order valence-corrected chi connectivity index (χ3v) is 2.39. The van der Waals surface area contributed by atoms with Crippen LogP contribution in [0.3, 0.4) is 0 Å². The molecule has 0 aliphatic heterocycles. The Hall–Kier alpha value is -0.730. The van der Waals surface area contributed by atoms with Crippen molar-refractivity contribution in [3.8, 4) is 0 Å². The maximum absolute atomic E-state index is 10.7. The van der Waals surface area contributed by atoms with Gasteiger partial charge in [0.15, 0.2) is 0 Å². The summed E-state index contributed by atoms with van der Waals surface area (Å²) in [6, 6.07) is 0. The van der Waals surface area contributed by atoms with Gasteiger partial charge in [0, 0.05) is 7.05 Å². The third-order valence-electron chi connectivity index (χ3n) is 2.39. The quantitative estimate of drug-likeness (QED) is 0.715. The van der Waals surface area contributed by atoms with Crippen LogP contribution in [0.2, 0.25) is 0 Å². The number of amides is 1. The molecule has 0 atom stereocenters. The number of ether oxygens (including phenoxy) is 1. The average molecular weight is 217 g/mol. The number of nitrogens with one attached hydrogen (secondary N) is 1. The number of hydrogen-bond acceptors (Lipinski definition) is 2. The maximum Gasteiger partial charge on any atom is 0.406 e. The van der Waals surface area contributed by atoms with Gasteiger partial charge in [-0.2, -0.15) is 0 Å². The van der Waals surface area contributed by atoms with Crippen molar-refractivity contribution in [3.63, 3.8) is 0 Å². The monoisotopic (exact) mass is 217 g/mol. The normalized spacial score (nSPS) is 10.0. The molecule has 0 fully saturated rings. The summed E-state index contributed by atoms with van der Waals surface area (Å²) in [5.41, 5.74) is 0.367. The summed E-state index contributed by atoms with van der Waals surface area (Å²) in [5, 5.41) is 2.42. The van der Waals surface area contributed by atoms with E-state index < -0.39 is 0 Å². The lowest BCUT2D eigenvalue weighted by atomic mass is 9.85. The highest BCUT2D eigenvalue weighted by Gasteiger charge is 2.14. The van der Waals surface area contributed by atoms with Crippen LogP contribution in [-0.4, -0.2) is 19.7 Å². The summed E-state index contributed by atoms with van der Waals surface area (Å²) < 4.78 is 4.88. The predicted octanol–water partition coefficient (Wildman–Crippen LogP) is 3.59. The Morgan fingerprint density at radius 3 is 2.27 bits per heavy atom. The number of carbonyl (C=O) groups is 1. The zero-order valence-electron chi connectivity index (χ0n) is 11.1. The second kappa shape index (κ2) is 9.81. The van der Waals surface area contributed by atoms with E-state index in [-0.39, 0.29) is 6.09 Å². The number of hydrogen-bond donors (Lipinski definition) is 1. The zero-order chi connectivity index (χ0) is 12.3. The number of carbonyl (C=O) groups excluding carboxylic acids is 1. The SMILES string of the molecule is CC.CCC(C)(C)CCCOC(=O)NC. The molecular formula is C12H27NO2. The lowest BCUT2D eigenvalue weighted by Gasteiger charge is -2.21. The second-order valence-corrected chi connectivity index (χ2v) is 4.01. The second-order valence-electron chi connectivity index (χ2n) is 4.01. The lowest BCUT2D eigenvalue weighted by Crippen LogP contribution is -2.20. The lowest BCUT2D eigenvalue weighted by molar-refractivity contribution is 0.140. The standard InChI is InChI=1S/C10H21NO2.C2H6/c1-5-10(2,3)7-6-8-13-9(12)11-4;1-2/h5-8H2,1-4H3,(H,11,12);1-2H3. The minimum atomic E-state index is -0.339. The molecule has 0 aliphatic rings. The molecule has 0 aromatic heterocycles. The molecule has 0 aromatic carbocycles. The fourth-order valence-corrected chi connectivity index (χ4v) is 0.965. The topological polar surface area (TPSA) is 38.3 Å². The summed E-state index contributed by atoms with van der Waals surface area (Å²) in [6.45, 7) is 11.2. The van der Waals surface area contributed by atoms with Crippen molar-refractivity contribution < 1.29 is 9.53 Å². The van der Waals surface area contributed by atoms with Crippen LogP contribution in [-0.2, 0) is 4.74 Å². The highest BCUT2D eigenvalue weighted by Crippen LogP contribution is 2.25. The molecule has 1 N–H and O–H groups in total. The number of alkyl carbamates (subject to hydrolysis) is 1. The zero-order valence-corrected chi connectivity index (χ0v) is 11.1. The van der Waals surface area contributed by atoms with Crippen molar-refractivity contribution in [2.75, 3.05) is 13.7 Å². The van der Waals surface area contributed by atoms with Crippen LogP contribution in [0.4, 0.5) is 4.79 Å². The Morgan fingerprint density at radius 1 is 1.33 bits per heavy atom. The van der Waals surface area contributed by atoms with Crippen molar-refractivity contribution >= 4 is 6.09 Å². The highest BCUT2D eigenvalue weighted by molar-refractivity contribution is 5.66. The molecule has 0 heterocycles. The molecule has 0 saturated carbocycles. The van der Waals surface area contributed by atoms with E-state index in [0.29, 0.717) is 12.0 Å². The van der Waals surface area contributed by atoms with Crippen molar-refractivity contribution in [1.29, 1.82) is 0 Å². The van der Waals surface area contributed by atoms with E-state index in [2.05, 4.69) is 26.1 Å². The average Bonchev–Trinajstić information content (AvgIpc) is 2.27. The highest BCUT2D eigenvalue weighted by atomic mass is 16.5. The summed E-state index contributed by atoms with van der Waals surface area (Å²) in [7, 11) is 1.57. The van der Waals surface area contributed by atoms with Crippen molar-refractivity contribution in [2.45, 2.75) is 53.9 Å². The molecule has 0 radical (unpaired) electrons. The Balaban J connectivity index is 0. The fourth-order valence-electron chi connectivity index (χ4n) is 0.965. The van der Waals surface area contributed by atoms with E-state index >= 15 is 0 Å². The molecule has 0 spiro atoms. The van der Waals surface area contributed by atoms with Gasteiger partial charge in [-0.05, 0) is 18.3 Å². The van der Waals surface area contributed by atoms with Crippen LogP contribution in [0.25, 0.3) is 0 Å². The largest absolute Gasteiger partial charge is 0.450 e. The van der Waals surface area contributed by atoms with Gasteiger partial charge in [0.25, 0.3) is 0 Å². The Kier molecular flexibility index (Phi) is 10.9. The van der Waals surface area contributed by atoms with E-state index in [1.165, 1.54) is 0 Å². The predicted molar refractivity (Wildman–Crippen MR) is 65.1 cm³/mol. The molecule has 0 unspecified atom stereocenters. The van der Waals surface area contributed by atoms with Crippen molar-refractivity contribution in [2.24, 2.45) is 5.41 Å². The molecule has 0 bridgehead atoms. The minimum Gasteiger partial charge on any atom is -0.450 e. The van der Waals surface area contributed by atoms with Crippen LogP contribution in [0.5, 0.6) is 0 Å². The Labute approximate surface area is 94.6 Å². The first-order valence-electron chi connectivity index (χ1n) is 5.86. The molecule has 0 aromatic rings. The summed E-state index contributed by atoms with van der Waals surface area (Å²) in [5.74, 6) is 0. The van der Waals surface area contributed by atoms with Gasteiger partial charge in [-0.15, -0.1) is 0 Å². The van der Waals surface area contributed by atoms with Crippen molar-refractivity contribution in [3.05, 3.63) is 0 Å². The van der Waals surface area contributed by atoms with Crippen LogP contribution >= 0.6 is 0 Å². The van der Waals surface area contributed by atoms with Crippen LogP contribution in [0.1, 0.15) is 53.9 Å². The van der Waals surface area contributed by atoms with Gasteiger partial charge in [-0.25, -0.2) is 4.79 Å². The van der Waals surface area contributed by atoms with Crippen molar-refractivity contribution in [1.82, 2.24) is 5.32 Å². The van der Waals surface area contributed by atoms with Gasteiger partial charge in [-0.1, -0.05) is 41.0 Å². The molecule has 0 saturated heterocycles. The third kappa shape index (κ3) is 11.2. The van der Waals surface area contributed by atoms with Crippen LogP contribution < -0.4 is 5.32 Å². The number of rotatable bonds is 5. The molecule has 3 nitrogen and oxygen atoms in total. The first-order chi connectivity index (χ1) is 7.02. The van der Waals surface area contributed by atoms with E-state index in [1.807, 2.05) is 13.8 Å². The van der Waals surface area contributed by atoms with Crippen LogP contribution in [0.15, 0.2) is 0 Å². The van der Waals surface area contributed by atoms with Gasteiger partial charge >= 0.3 is 6.09 Å².